The molecule has 1 amide bonds. The van der Waals surface area contributed by atoms with Gasteiger partial charge in [-0.1, -0.05) is 30.3 Å². The number of fused-ring (bicyclic) bond motifs is 1. The predicted octanol–water partition coefficient (Wildman–Crippen LogP) is 5.13. The van der Waals surface area contributed by atoms with Gasteiger partial charge in [0.25, 0.3) is 5.91 Å². The maximum absolute atomic E-state index is 13.0. The number of benzene rings is 4. The van der Waals surface area contributed by atoms with Crippen molar-refractivity contribution in [2.24, 2.45) is 5.10 Å². The molecule has 0 aliphatic carbocycles. The molecule has 0 unspecified atom stereocenters. The summed E-state index contributed by atoms with van der Waals surface area (Å²) in [6.07, 6.45) is 1.42. The van der Waals surface area contributed by atoms with Crippen LogP contribution >= 0.6 is 0 Å². The minimum atomic E-state index is -0.542. The number of amides is 1. The van der Waals surface area contributed by atoms with Gasteiger partial charge in [0.05, 0.1) is 18.4 Å². The first-order valence-electron chi connectivity index (χ1n) is 11.2. The van der Waals surface area contributed by atoms with Crippen LogP contribution < -0.4 is 19.6 Å². The van der Waals surface area contributed by atoms with Crippen molar-refractivity contribution in [1.82, 2.24) is 5.43 Å². The van der Waals surface area contributed by atoms with Crippen molar-refractivity contribution in [3.63, 3.8) is 0 Å². The van der Waals surface area contributed by atoms with Crippen molar-refractivity contribution >= 4 is 28.9 Å². The maximum atomic E-state index is 13.0. The van der Waals surface area contributed by atoms with E-state index in [1.807, 2.05) is 37.3 Å². The summed E-state index contributed by atoms with van der Waals surface area (Å²) in [6, 6.07) is 23.0. The average molecular weight is 486 g/mol. The SMILES string of the molecule is CCOc1ccc(C(=O)Oc2ccc3ccccc3c2C=NNC(=O)COc2ccc(F)cc2)cc1. The van der Waals surface area contributed by atoms with Crippen molar-refractivity contribution in [2.75, 3.05) is 13.2 Å². The van der Waals surface area contributed by atoms with Crippen molar-refractivity contribution in [3.05, 3.63) is 102 Å². The van der Waals surface area contributed by atoms with Gasteiger partial charge in [0.1, 0.15) is 23.1 Å². The second-order valence-electron chi connectivity index (χ2n) is 7.58. The van der Waals surface area contributed by atoms with Gasteiger partial charge in [0, 0.05) is 5.56 Å². The first kappa shape index (κ1) is 24.4. The van der Waals surface area contributed by atoms with Gasteiger partial charge in [-0.25, -0.2) is 14.6 Å². The molecule has 0 aliphatic heterocycles. The molecule has 1 N–H and O–H groups in total. The van der Waals surface area contributed by atoms with Crippen LogP contribution in [0.25, 0.3) is 10.8 Å². The lowest BCUT2D eigenvalue weighted by atomic mass is 10.0. The summed E-state index contributed by atoms with van der Waals surface area (Å²) < 4.78 is 29.4. The van der Waals surface area contributed by atoms with Crippen LogP contribution in [0.1, 0.15) is 22.8 Å². The molecule has 0 saturated heterocycles. The summed E-state index contributed by atoms with van der Waals surface area (Å²) in [5.74, 6) is -0.151. The average Bonchev–Trinajstić information content (AvgIpc) is 2.90. The number of carbonyl (C=O) groups excluding carboxylic acids is 2. The van der Waals surface area contributed by atoms with Crippen molar-refractivity contribution in [3.8, 4) is 17.2 Å². The Hall–Kier alpha value is -4.72. The molecule has 4 aromatic rings. The van der Waals surface area contributed by atoms with Crippen LogP contribution in [0.3, 0.4) is 0 Å². The fraction of sp³-hybridized carbons (Fsp3) is 0.107. The molecule has 0 bridgehead atoms. The zero-order valence-electron chi connectivity index (χ0n) is 19.4. The van der Waals surface area contributed by atoms with Gasteiger partial charge in [0.2, 0.25) is 0 Å². The van der Waals surface area contributed by atoms with Crippen molar-refractivity contribution < 1.29 is 28.2 Å². The number of hydrazone groups is 1. The molecule has 8 heteroatoms. The third-order valence-electron chi connectivity index (χ3n) is 5.10. The maximum Gasteiger partial charge on any atom is 0.343 e. The Morgan fingerprint density at radius 1 is 0.889 bits per heavy atom. The fourth-order valence-corrected chi connectivity index (χ4v) is 3.39. The third-order valence-corrected chi connectivity index (χ3v) is 5.10. The Labute approximate surface area is 207 Å². The Bertz CT molecular complexity index is 1390. The van der Waals surface area contributed by atoms with Crippen LogP contribution in [0.2, 0.25) is 0 Å². The third kappa shape index (κ3) is 6.24. The molecule has 0 radical (unpaired) electrons. The Morgan fingerprint density at radius 3 is 2.33 bits per heavy atom. The topological polar surface area (TPSA) is 86.2 Å². The van der Waals surface area contributed by atoms with Crippen LogP contribution in [-0.4, -0.2) is 31.3 Å². The number of nitrogens with one attached hydrogen (secondary N) is 1. The molecule has 0 atom stereocenters. The molecule has 36 heavy (non-hydrogen) atoms. The lowest BCUT2D eigenvalue weighted by Gasteiger charge is -2.11. The second-order valence-corrected chi connectivity index (χ2v) is 7.58. The Balaban J connectivity index is 1.48. The molecule has 4 rings (SSSR count). The number of esters is 1. The van der Waals surface area contributed by atoms with Gasteiger partial charge < -0.3 is 14.2 Å². The number of ether oxygens (including phenoxy) is 3. The highest BCUT2D eigenvalue weighted by atomic mass is 19.1. The summed E-state index contributed by atoms with van der Waals surface area (Å²) in [7, 11) is 0. The molecule has 182 valence electrons. The number of hydrogen-bond acceptors (Lipinski definition) is 6. The number of rotatable bonds is 9. The monoisotopic (exact) mass is 486 g/mol. The summed E-state index contributed by atoms with van der Waals surface area (Å²) in [4.78, 5) is 24.9. The van der Waals surface area contributed by atoms with E-state index < -0.39 is 17.7 Å². The predicted molar refractivity (Wildman–Crippen MR) is 134 cm³/mol. The minimum Gasteiger partial charge on any atom is -0.494 e. The van der Waals surface area contributed by atoms with Gasteiger partial charge in [0.15, 0.2) is 6.61 Å². The first-order valence-corrected chi connectivity index (χ1v) is 11.2. The zero-order valence-corrected chi connectivity index (χ0v) is 19.4. The van der Waals surface area contributed by atoms with E-state index in [-0.39, 0.29) is 12.4 Å². The van der Waals surface area contributed by atoms with E-state index in [0.717, 1.165) is 10.8 Å². The number of nitrogens with zero attached hydrogens (tertiary/aromatic N) is 1. The van der Waals surface area contributed by atoms with Crippen LogP contribution in [-0.2, 0) is 4.79 Å². The van der Waals surface area contributed by atoms with Crippen LogP contribution in [0.5, 0.6) is 17.2 Å². The minimum absolute atomic E-state index is 0.285. The zero-order chi connectivity index (χ0) is 25.3. The smallest absolute Gasteiger partial charge is 0.343 e. The van der Waals surface area contributed by atoms with Gasteiger partial charge in [-0.15, -0.1) is 0 Å². The number of halogens is 1. The van der Waals surface area contributed by atoms with Crippen molar-refractivity contribution in [2.45, 2.75) is 6.92 Å². The highest BCUT2D eigenvalue weighted by Crippen LogP contribution is 2.27. The van der Waals surface area contributed by atoms with Crippen LogP contribution in [0, 0.1) is 5.82 Å². The normalized spacial score (nSPS) is 10.8. The quantitative estimate of drug-likeness (QED) is 0.154. The highest BCUT2D eigenvalue weighted by Gasteiger charge is 2.14. The molecule has 0 spiro atoms. The van der Waals surface area contributed by atoms with Gasteiger partial charge >= 0.3 is 5.97 Å². The molecule has 0 heterocycles. The van der Waals surface area contributed by atoms with E-state index in [1.165, 1.54) is 30.5 Å². The number of hydrogen-bond donors (Lipinski definition) is 1. The molecule has 7 nitrogen and oxygen atoms in total. The van der Waals surface area contributed by atoms with E-state index in [0.29, 0.717) is 29.2 Å². The summed E-state index contributed by atoms with van der Waals surface area (Å²) in [5.41, 5.74) is 3.27. The first-order chi connectivity index (χ1) is 17.5. The van der Waals surface area contributed by atoms with Crippen LogP contribution in [0.15, 0.2) is 90.0 Å². The van der Waals surface area contributed by atoms with E-state index in [2.05, 4.69) is 10.5 Å². The molecule has 4 aromatic carbocycles. The van der Waals surface area contributed by atoms with Gasteiger partial charge in [-0.2, -0.15) is 5.10 Å². The standard InChI is InChI=1S/C28H23FN2O5/c1-2-34-22-12-7-20(8-13-22)28(33)36-26-16-9-19-5-3-4-6-24(19)25(26)17-30-31-27(32)18-35-23-14-10-21(29)11-15-23/h3-17H,2,18H2,1H3,(H,31,32). The molecule has 0 aromatic heterocycles. The van der Waals surface area contributed by atoms with E-state index in [4.69, 9.17) is 14.2 Å². The fourth-order valence-electron chi connectivity index (χ4n) is 3.39. The van der Waals surface area contributed by atoms with Gasteiger partial charge in [-0.05, 0) is 72.3 Å². The lowest BCUT2D eigenvalue weighted by molar-refractivity contribution is -0.123. The largest absolute Gasteiger partial charge is 0.494 e. The van der Waals surface area contributed by atoms with Crippen molar-refractivity contribution in [1.29, 1.82) is 0 Å². The van der Waals surface area contributed by atoms with Gasteiger partial charge in [-0.3, -0.25) is 4.79 Å². The molecule has 0 saturated carbocycles. The van der Waals surface area contributed by atoms with E-state index >= 15 is 0 Å². The molecule has 0 fully saturated rings. The lowest BCUT2D eigenvalue weighted by Crippen LogP contribution is -2.24. The summed E-state index contributed by atoms with van der Waals surface area (Å²) >= 11 is 0. The summed E-state index contributed by atoms with van der Waals surface area (Å²) in [5, 5.41) is 5.71. The Morgan fingerprint density at radius 2 is 1.58 bits per heavy atom. The summed E-state index contributed by atoms with van der Waals surface area (Å²) in [6.45, 7) is 2.10. The molecular formula is C28H23FN2O5. The molecule has 0 aliphatic rings. The van der Waals surface area contributed by atoms with E-state index in [1.54, 1.807) is 30.3 Å². The Kier molecular flexibility index (Phi) is 7.87. The number of carbonyl (C=O) groups is 2. The highest BCUT2D eigenvalue weighted by molar-refractivity contribution is 6.04. The van der Waals surface area contributed by atoms with Crippen LogP contribution in [0.4, 0.5) is 4.39 Å². The van der Waals surface area contributed by atoms with E-state index in [9.17, 15) is 14.0 Å². The molecular weight excluding hydrogens is 463 g/mol. The second kappa shape index (κ2) is 11.6.